The number of furan rings is 1. The van der Waals surface area contributed by atoms with E-state index in [1.165, 1.54) is 0 Å². The molecule has 1 amide bonds. The largest absolute Gasteiger partial charge is 0.459 e. The van der Waals surface area contributed by atoms with Crippen molar-refractivity contribution in [2.75, 3.05) is 6.61 Å². The smallest absolute Gasteiger partial charge is 0.317 e. The zero-order valence-corrected chi connectivity index (χ0v) is 16.2. The minimum absolute atomic E-state index is 0.321. The Morgan fingerprint density at radius 2 is 1.89 bits per heavy atom. The summed E-state index contributed by atoms with van der Waals surface area (Å²) in [4.78, 5) is 24.8. The van der Waals surface area contributed by atoms with Gasteiger partial charge >= 0.3 is 5.97 Å². The first-order valence-corrected chi connectivity index (χ1v) is 9.57. The zero-order valence-electron chi connectivity index (χ0n) is 15.4. The molecule has 1 N–H and O–H groups in total. The van der Waals surface area contributed by atoms with Crippen LogP contribution in [0.1, 0.15) is 37.1 Å². The number of para-hydroxylation sites is 1. The number of nitrogens with one attached hydrogen (secondary N) is 1. The predicted octanol–water partition coefficient (Wildman–Crippen LogP) is 4.54. The van der Waals surface area contributed by atoms with Gasteiger partial charge < -0.3 is 14.5 Å². The molecule has 1 aliphatic carbocycles. The fourth-order valence-electron chi connectivity index (χ4n) is 3.34. The van der Waals surface area contributed by atoms with Crippen molar-refractivity contribution in [2.24, 2.45) is 0 Å². The summed E-state index contributed by atoms with van der Waals surface area (Å²) in [5.74, 6) is -0.0877. The number of carbonyl (C=O) groups is 2. The Kier molecular flexibility index (Phi) is 4.85. The van der Waals surface area contributed by atoms with Gasteiger partial charge in [-0.1, -0.05) is 41.9 Å². The van der Waals surface area contributed by atoms with E-state index in [-0.39, 0.29) is 24.5 Å². The summed E-state index contributed by atoms with van der Waals surface area (Å²) < 4.78 is 11.1. The number of halogens is 1. The van der Waals surface area contributed by atoms with Crippen molar-refractivity contribution >= 4 is 34.4 Å². The van der Waals surface area contributed by atoms with Crippen molar-refractivity contribution in [1.29, 1.82) is 0 Å². The van der Waals surface area contributed by atoms with Crippen molar-refractivity contribution in [3.8, 4) is 0 Å². The Hall–Kier alpha value is -2.79. The van der Waals surface area contributed by atoms with E-state index in [1.54, 1.807) is 12.1 Å². The van der Waals surface area contributed by atoms with E-state index in [4.69, 9.17) is 20.8 Å². The summed E-state index contributed by atoms with van der Waals surface area (Å²) in [6.45, 7) is 1.51. The zero-order chi connectivity index (χ0) is 19.7. The Bertz CT molecular complexity index is 987. The number of rotatable bonds is 6. The monoisotopic (exact) mass is 397 g/mol. The first-order chi connectivity index (χ1) is 13.5. The lowest BCUT2D eigenvalue weighted by Crippen LogP contribution is -2.33. The number of ether oxygens (including phenoxy) is 1. The summed E-state index contributed by atoms with van der Waals surface area (Å²) >= 11 is 5.91. The fraction of sp³-hybridized carbons (Fsp3) is 0.273. The van der Waals surface area contributed by atoms with Gasteiger partial charge in [0.15, 0.2) is 6.61 Å². The standard InChI is InChI=1S/C22H20ClNO4/c1-14(19-12-15-4-2-3-5-18(15)28-19)24-20(25)13-27-21(26)22(10-11-22)16-6-8-17(23)9-7-16/h2-9,12,14H,10-11,13H2,1H3,(H,24,25)/t14-/m0/s1. The van der Waals surface area contributed by atoms with Crippen LogP contribution in [0.15, 0.2) is 59.0 Å². The molecule has 5 nitrogen and oxygen atoms in total. The van der Waals surface area contributed by atoms with Crippen LogP contribution in [0.2, 0.25) is 5.02 Å². The minimum Gasteiger partial charge on any atom is -0.459 e. The van der Waals surface area contributed by atoms with E-state index >= 15 is 0 Å². The van der Waals surface area contributed by atoms with Crippen LogP contribution in [0.5, 0.6) is 0 Å². The molecule has 0 unspecified atom stereocenters. The van der Waals surface area contributed by atoms with Gasteiger partial charge in [0.1, 0.15) is 11.3 Å². The first kappa shape index (κ1) is 18.6. The second-order valence-electron chi connectivity index (χ2n) is 7.14. The summed E-state index contributed by atoms with van der Waals surface area (Å²) in [6, 6.07) is 16.4. The minimum atomic E-state index is -0.644. The van der Waals surface area contributed by atoms with Crippen molar-refractivity contribution in [2.45, 2.75) is 31.2 Å². The third kappa shape index (κ3) is 3.62. The molecule has 1 saturated carbocycles. The molecular formula is C22H20ClNO4. The number of hydrogen-bond donors (Lipinski definition) is 1. The van der Waals surface area contributed by atoms with Crippen molar-refractivity contribution in [3.05, 3.63) is 70.9 Å². The van der Waals surface area contributed by atoms with Crippen LogP contribution in [0, 0.1) is 0 Å². The van der Waals surface area contributed by atoms with Crippen molar-refractivity contribution in [3.63, 3.8) is 0 Å². The topological polar surface area (TPSA) is 68.5 Å². The van der Waals surface area contributed by atoms with E-state index in [1.807, 2.05) is 49.4 Å². The first-order valence-electron chi connectivity index (χ1n) is 9.19. The maximum atomic E-state index is 12.5. The highest BCUT2D eigenvalue weighted by atomic mass is 35.5. The van der Waals surface area contributed by atoms with Crippen molar-refractivity contribution < 1.29 is 18.7 Å². The average Bonchev–Trinajstić information content (AvgIpc) is 3.38. The van der Waals surface area contributed by atoms with Crippen LogP contribution in [0.25, 0.3) is 11.0 Å². The predicted molar refractivity (Wildman–Crippen MR) is 106 cm³/mol. The lowest BCUT2D eigenvalue weighted by Gasteiger charge is -2.16. The van der Waals surface area contributed by atoms with E-state index in [0.717, 1.165) is 16.5 Å². The van der Waals surface area contributed by atoms with Gasteiger partial charge in [0.2, 0.25) is 0 Å². The van der Waals surface area contributed by atoms with Crippen LogP contribution >= 0.6 is 11.6 Å². The quantitative estimate of drug-likeness (QED) is 0.620. The van der Waals surface area contributed by atoms with Gasteiger partial charge in [0, 0.05) is 10.4 Å². The van der Waals surface area contributed by atoms with E-state index in [9.17, 15) is 9.59 Å². The van der Waals surface area contributed by atoms with Crippen molar-refractivity contribution in [1.82, 2.24) is 5.32 Å². The molecule has 1 aromatic heterocycles. The molecule has 0 spiro atoms. The molecule has 3 aromatic rings. The van der Waals surface area contributed by atoms with Gasteiger partial charge in [-0.25, -0.2) is 0 Å². The van der Waals surface area contributed by atoms with Gasteiger partial charge in [-0.15, -0.1) is 0 Å². The molecule has 0 bridgehead atoms. The molecule has 1 fully saturated rings. The molecule has 2 aromatic carbocycles. The SMILES string of the molecule is C[C@H](NC(=O)COC(=O)C1(c2ccc(Cl)cc2)CC1)c1cc2ccccc2o1. The maximum Gasteiger partial charge on any atom is 0.317 e. The lowest BCUT2D eigenvalue weighted by molar-refractivity contribution is -0.151. The molecule has 0 aliphatic heterocycles. The van der Waals surface area contributed by atoms with Gasteiger partial charge in [-0.05, 0) is 49.6 Å². The van der Waals surface area contributed by atoms with E-state index < -0.39 is 5.41 Å². The average molecular weight is 398 g/mol. The molecule has 28 heavy (non-hydrogen) atoms. The van der Waals surface area contributed by atoms with Gasteiger partial charge in [-0.2, -0.15) is 0 Å². The molecule has 6 heteroatoms. The van der Waals surface area contributed by atoms with Crippen LogP contribution in [-0.2, 0) is 19.7 Å². The summed E-state index contributed by atoms with van der Waals surface area (Å²) in [6.07, 6.45) is 1.43. The molecule has 1 atom stereocenters. The van der Waals surface area contributed by atoms with Crippen LogP contribution in [0.4, 0.5) is 0 Å². The lowest BCUT2D eigenvalue weighted by atomic mass is 9.96. The van der Waals surface area contributed by atoms with Crippen LogP contribution in [-0.4, -0.2) is 18.5 Å². The fourth-order valence-corrected chi connectivity index (χ4v) is 3.47. The van der Waals surface area contributed by atoms with Crippen LogP contribution in [0.3, 0.4) is 0 Å². The third-order valence-electron chi connectivity index (χ3n) is 5.12. The second kappa shape index (κ2) is 7.32. The molecule has 0 saturated heterocycles. The molecule has 144 valence electrons. The molecule has 0 radical (unpaired) electrons. The third-order valence-corrected chi connectivity index (χ3v) is 5.37. The number of amides is 1. The Labute approximate surface area is 167 Å². The molecule has 1 heterocycles. The number of fused-ring (bicyclic) bond motifs is 1. The van der Waals surface area contributed by atoms with Crippen LogP contribution < -0.4 is 5.32 Å². The number of hydrogen-bond acceptors (Lipinski definition) is 4. The summed E-state index contributed by atoms with van der Waals surface area (Å²) in [5.41, 5.74) is 0.997. The van der Waals surface area contributed by atoms with Gasteiger partial charge in [-0.3, -0.25) is 9.59 Å². The highest BCUT2D eigenvalue weighted by molar-refractivity contribution is 6.30. The molecular weight excluding hydrogens is 378 g/mol. The maximum absolute atomic E-state index is 12.5. The highest BCUT2D eigenvalue weighted by Crippen LogP contribution is 2.49. The number of benzene rings is 2. The molecule has 1 aliphatic rings. The Balaban J connectivity index is 1.34. The number of carbonyl (C=O) groups excluding carboxylic acids is 2. The summed E-state index contributed by atoms with van der Waals surface area (Å²) in [7, 11) is 0. The van der Waals surface area contributed by atoms with Gasteiger partial charge in [0.05, 0.1) is 11.5 Å². The highest BCUT2D eigenvalue weighted by Gasteiger charge is 2.52. The Morgan fingerprint density at radius 1 is 1.18 bits per heavy atom. The van der Waals surface area contributed by atoms with Gasteiger partial charge in [0.25, 0.3) is 5.91 Å². The normalized spacial score (nSPS) is 15.8. The number of esters is 1. The van der Waals surface area contributed by atoms with E-state index in [0.29, 0.717) is 23.6 Å². The summed E-state index contributed by atoms with van der Waals surface area (Å²) in [5, 5.41) is 4.40. The Morgan fingerprint density at radius 3 is 2.57 bits per heavy atom. The molecule has 4 rings (SSSR count). The second-order valence-corrected chi connectivity index (χ2v) is 7.58. The van der Waals surface area contributed by atoms with E-state index in [2.05, 4.69) is 5.32 Å².